The molecular weight excluding hydrogens is 324 g/mol. The number of nitrogens with one attached hydrogen (secondary N) is 1. The van der Waals surface area contributed by atoms with Gasteiger partial charge in [0, 0.05) is 29.6 Å². The summed E-state index contributed by atoms with van der Waals surface area (Å²) in [6.07, 6.45) is 0.988. The molecule has 0 atom stereocenters. The number of para-hydroxylation sites is 1. The van der Waals surface area contributed by atoms with Crippen LogP contribution in [-0.4, -0.2) is 17.6 Å². The summed E-state index contributed by atoms with van der Waals surface area (Å²) in [4.78, 5) is 13.0. The third kappa shape index (κ3) is 3.19. The molecule has 1 heterocycles. The van der Waals surface area contributed by atoms with Crippen molar-refractivity contribution < 1.29 is 9.53 Å². The van der Waals surface area contributed by atoms with Crippen LogP contribution in [0.4, 0.5) is 0 Å². The van der Waals surface area contributed by atoms with E-state index in [2.05, 4.69) is 41.9 Å². The van der Waals surface area contributed by atoms with Gasteiger partial charge < -0.3 is 14.6 Å². The predicted molar refractivity (Wildman–Crippen MR) is 106 cm³/mol. The molecule has 3 aromatic rings. The molecule has 0 aliphatic carbocycles. The molecule has 0 unspecified atom stereocenters. The number of hydrogen-bond donors (Lipinski definition) is 1. The third-order valence-corrected chi connectivity index (χ3v) is 4.95. The molecule has 26 heavy (non-hydrogen) atoms. The Morgan fingerprint density at radius 1 is 1.15 bits per heavy atom. The lowest BCUT2D eigenvalue weighted by atomic mass is 10.1. The highest BCUT2D eigenvalue weighted by atomic mass is 16.5. The molecule has 0 saturated carbocycles. The summed E-state index contributed by atoms with van der Waals surface area (Å²) in [6.45, 7) is 7.45. The molecule has 0 bridgehead atoms. The molecule has 3 rings (SSSR count). The van der Waals surface area contributed by atoms with E-state index in [9.17, 15) is 4.79 Å². The number of nitrogens with zero attached hydrogens (tertiary/aromatic N) is 1. The maximum atomic E-state index is 13.0. The molecule has 0 fully saturated rings. The fraction of sp³-hybridized carbons (Fsp3) is 0.318. The average Bonchev–Trinajstić information content (AvgIpc) is 2.97. The minimum Gasteiger partial charge on any atom is -0.496 e. The second kappa shape index (κ2) is 7.65. The van der Waals surface area contributed by atoms with Gasteiger partial charge in [0.2, 0.25) is 0 Å². The molecule has 1 aromatic heterocycles. The molecular formula is C22H26N2O2. The van der Waals surface area contributed by atoms with Gasteiger partial charge in [-0.05, 0) is 49.6 Å². The lowest BCUT2D eigenvalue weighted by molar-refractivity contribution is 0.0941. The molecule has 1 N–H and O–H groups in total. The Bertz CT molecular complexity index is 941. The third-order valence-electron chi connectivity index (χ3n) is 4.95. The van der Waals surface area contributed by atoms with Gasteiger partial charge in [0.25, 0.3) is 5.91 Å². The fourth-order valence-corrected chi connectivity index (χ4v) is 3.52. The number of benzene rings is 2. The van der Waals surface area contributed by atoms with Gasteiger partial charge >= 0.3 is 0 Å². The van der Waals surface area contributed by atoms with E-state index >= 15 is 0 Å². The van der Waals surface area contributed by atoms with Gasteiger partial charge in [-0.2, -0.15) is 0 Å². The summed E-state index contributed by atoms with van der Waals surface area (Å²) in [5.41, 5.74) is 5.15. The Hall–Kier alpha value is -2.75. The van der Waals surface area contributed by atoms with E-state index in [0.717, 1.165) is 46.4 Å². The number of aryl methyl sites for hydroxylation is 3. The molecule has 136 valence electrons. The van der Waals surface area contributed by atoms with Crippen LogP contribution in [0.15, 0.2) is 42.5 Å². The average molecular weight is 350 g/mol. The molecule has 0 saturated heterocycles. The Balaban J connectivity index is 1.93. The van der Waals surface area contributed by atoms with Crippen LogP contribution >= 0.6 is 0 Å². The van der Waals surface area contributed by atoms with Gasteiger partial charge in [-0.15, -0.1) is 0 Å². The normalized spacial score (nSPS) is 10.9. The summed E-state index contributed by atoms with van der Waals surface area (Å²) >= 11 is 0. The van der Waals surface area contributed by atoms with Crippen molar-refractivity contribution in [1.82, 2.24) is 9.88 Å². The largest absolute Gasteiger partial charge is 0.496 e. The van der Waals surface area contributed by atoms with Crippen molar-refractivity contribution in [2.75, 3.05) is 7.11 Å². The van der Waals surface area contributed by atoms with Crippen LogP contribution in [0.2, 0.25) is 0 Å². The maximum absolute atomic E-state index is 13.0. The SMILES string of the molecule is CCc1ccc2c(c1)c(C)c(C(=O)NCc1ccccc1OC)n2CC. The van der Waals surface area contributed by atoms with Crippen molar-refractivity contribution >= 4 is 16.8 Å². The van der Waals surface area contributed by atoms with E-state index in [1.54, 1.807) is 7.11 Å². The minimum absolute atomic E-state index is 0.0514. The van der Waals surface area contributed by atoms with E-state index in [4.69, 9.17) is 4.74 Å². The highest BCUT2D eigenvalue weighted by Gasteiger charge is 2.19. The highest BCUT2D eigenvalue weighted by molar-refractivity contribution is 6.01. The van der Waals surface area contributed by atoms with Crippen LogP contribution in [0, 0.1) is 6.92 Å². The summed E-state index contributed by atoms with van der Waals surface area (Å²) in [5.74, 6) is 0.734. The van der Waals surface area contributed by atoms with Crippen molar-refractivity contribution in [3.05, 3.63) is 64.8 Å². The van der Waals surface area contributed by atoms with Gasteiger partial charge in [-0.3, -0.25) is 4.79 Å². The first-order valence-electron chi connectivity index (χ1n) is 9.12. The van der Waals surface area contributed by atoms with Crippen molar-refractivity contribution in [2.24, 2.45) is 0 Å². The zero-order chi connectivity index (χ0) is 18.7. The van der Waals surface area contributed by atoms with Gasteiger partial charge in [0.15, 0.2) is 0 Å². The van der Waals surface area contributed by atoms with E-state index < -0.39 is 0 Å². The predicted octanol–water partition coefficient (Wildman–Crippen LogP) is 4.47. The lowest BCUT2D eigenvalue weighted by Gasteiger charge is -2.12. The number of ether oxygens (including phenoxy) is 1. The zero-order valence-electron chi connectivity index (χ0n) is 15.9. The minimum atomic E-state index is -0.0514. The molecule has 2 aromatic carbocycles. The van der Waals surface area contributed by atoms with Crippen LogP contribution in [0.25, 0.3) is 10.9 Å². The van der Waals surface area contributed by atoms with Crippen molar-refractivity contribution in [3.8, 4) is 5.75 Å². The standard InChI is InChI=1S/C22H26N2O2/c1-5-16-11-12-19-18(13-16)15(3)21(24(19)6-2)22(25)23-14-17-9-7-8-10-20(17)26-4/h7-13H,5-6,14H2,1-4H3,(H,23,25). The molecule has 4 nitrogen and oxygen atoms in total. The first-order valence-corrected chi connectivity index (χ1v) is 9.12. The van der Waals surface area contributed by atoms with Crippen molar-refractivity contribution in [2.45, 2.75) is 40.3 Å². The van der Waals surface area contributed by atoms with Gasteiger partial charge in [0.05, 0.1) is 7.11 Å². The Labute approximate surface area is 154 Å². The topological polar surface area (TPSA) is 43.3 Å². The molecule has 0 radical (unpaired) electrons. The van der Waals surface area contributed by atoms with Gasteiger partial charge in [0.1, 0.15) is 11.4 Å². The fourth-order valence-electron chi connectivity index (χ4n) is 3.52. The summed E-state index contributed by atoms with van der Waals surface area (Å²) in [6, 6.07) is 14.2. The second-order valence-corrected chi connectivity index (χ2v) is 6.42. The van der Waals surface area contributed by atoms with Crippen LogP contribution in [0.5, 0.6) is 5.75 Å². The van der Waals surface area contributed by atoms with Crippen molar-refractivity contribution in [3.63, 3.8) is 0 Å². The Kier molecular flexibility index (Phi) is 5.31. The van der Waals surface area contributed by atoms with Crippen molar-refractivity contribution in [1.29, 1.82) is 0 Å². The Morgan fingerprint density at radius 2 is 1.92 bits per heavy atom. The van der Waals surface area contributed by atoms with Crippen LogP contribution < -0.4 is 10.1 Å². The second-order valence-electron chi connectivity index (χ2n) is 6.42. The van der Waals surface area contributed by atoms with Gasteiger partial charge in [-0.1, -0.05) is 31.2 Å². The molecule has 4 heteroatoms. The van der Waals surface area contributed by atoms with Gasteiger partial charge in [-0.25, -0.2) is 0 Å². The number of methoxy groups -OCH3 is 1. The smallest absolute Gasteiger partial charge is 0.268 e. The number of rotatable bonds is 6. The number of fused-ring (bicyclic) bond motifs is 1. The number of amides is 1. The molecule has 1 amide bonds. The first kappa shape index (κ1) is 18.1. The molecule has 0 spiro atoms. The molecule has 0 aliphatic heterocycles. The Morgan fingerprint density at radius 3 is 2.62 bits per heavy atom. The van der Waals surface area contributed by atoms with E-state index in [0.29, 0.717) is 6.54 Å². The number of hydrogen-bond acceptors (Lipinski definition) is 2. The quantitative estimate of drug-likeness (QED) is 0.713. The number of carbonyl (C=O) groups excluding carboxylic acids is 1. The summed E-state index contributed by atoms with van der Waals surface area (Å²) in [5, 5.41) is 4.22. The summed E-state index contributed by atoms with van der Waals surface area (Å²) in [7, 11) is 1.64. The maximum Gasteiger partial charge on any atom is 0.268 e. The van der Waals surface area contributed by atoms with Crippen LogP contribution in [-0.2, 0) is 19.5 Å². The van der Waals surface area contributed by atoms with E-state index in [1.807, 2.05) is 31.2 Å². The van der Waals surface area contributed by atoms with E-state index in [-0.39, 0.29) is 5.91 Å². The monoisotopic (exact) mass is 350 g/mol. The zero-order valence-corrected chi connectivity index (χ0v) is 15.9. The lowest BCUT2D eigenvalue weighted by Crippen LogP contribution is -2.26. The molecule has 0 aliphatic rings. The highest BCUT2D eigenvalue weighted by Crippen LogP contribution is 2.27. The number of carbonyl (C=O) groups is 1. The van der Waals surface area contributed by atoms with Crippen LogP contribution in [0.1, 0.15) is 41.0 Å². The van der Waals surface area contributed by atoms with E-state index in [1.165, 1.54) is 5.56 Å². The first-order chi connectivity index (χ1) is 12.6. The van der Waals surface area contributed by atoms with Crippen LogP contribution in [0.3, 0.4) is 0 Å². The summed E-state index contributed by atoms with van der Waals surface area (Å²) < 4.78 is 7.47. The number of aromatic nitrogens is 1.